The van der Waals surface area contributed by atoms with Crippen LogP contribution in [0.4, 0.5) is 0 Å². The summed E-state index contributed by atoms with van der Waals surface area (Å²) in [6.45, 7) is 10.1. The van der Waals surface area contributed by atoms with Gasteiger partial charge in [-0.1, -0.05) is 63.2 Å². The van der Waals surface area contributed by atoms with E-state index in [9.17, 15) is 4.79 Å². The molecule has 1 fully saturated rings. The van der Waals surface area contributed by atoms with Gasteiger partial charge in [-0.3, -0.25) is 14.9 Å². The van der Waals surface area contributed by atoms with Crippen molar-refractivity contribution in [2.75, 3.05) is 0 Å². The van der Waals surface area contributed by atoms with Crippen molar-refractivity contribution in [3.05, 3.63) is 77.8 Å². The quantitative estimate of drug-likeness (QED) is 0.162. The Hall–Kier alpha value is -3.28. The molecule has 197 valence electrons. The average Bonchev–Trinajstić information content (AvgIpc) is 3.53. The molecule has 1 N–H and O–H groups in total. The molecule has 2 aliphatic carbocycles. The summed E-state index contributed by atoms with van der Waals surface area (Å²) in [7, 11) is 0. The van der Waals surface area contributed by atoms with Gasteiger partial charge < -0.3 is 14.8 Å². The first-order valence-corrected chi connectivity index (χ1v) is 12.8. The molecule has 6 nitrogen and oxygen atoms in total. The molecule has 0 saturated heterocycles. The second-order valence-corrected chi connectivity index (χ2v) is 11.2. The molecule has 5 aromatic rings. The minimum atomic E-state index is -0.125. The number of carbonyl (C=O) groups excluding carboxylic acids is 1. The summed E-state index contributed by atoms with van der Waals surface area (Å²) in [6, 6.07) is 17.2. The van der Waals surface area contributed by atoms with Gasteiger partial charge in [0.2, 0.25) is 0 Å². The van der Waals surface area contributed by atoms with Crippen LogP contribution in [0.3, 0.4) is 0 Å². The molecule has 2 bridgehead atoms. The maximum atomic E-state index is 10.0. The number of allylic oxidation sites excluding steroid dienone is 2. The fourth-order valence-electron chi connectivity index (χ4n) is 6.76. The molecule has 3 heterocycles. The van der Waals surface area contributed by atoms with Crippen molar-refractivity contribution < 1.29 is 30.0 Å². The Bertz CT molecular complexity index is 1740. The minimum absolute atomic E-state index is 0. The van der Waals surface area contributed by atoms with Crippen LogP contribution < -0.4 is 5.10 Å². The molecular formula is C31H31IrN4O2-. The predicted octanol–water partition coefficient (Wildman–Crippen LogP) is 6.89. The van der Waals surface area contributed by atoms with Gasteiger partial charge in [0.05, 0.1) is 11.4 Å². The molecule has 2 unspecified atom stereocenters. The van der Waals surface area contributed by atoms with Crippen LogP contribution in [0.25, 0.3) is 38.5 Å². The molecule has 2 aromatic carbocycles. The van der Waals surface area contributed by atoms with Crippen molar-refractivity contribution in [2.24, 2.45) is 5.41 Å². The first-order chi connectivity index (χ1) is 17.6. The van der Waals surface area contributed by atoms with Gasteiger partial charge >= 0.3 is 0 Å². The minimum Gasteiger partial charge on any atom is -0.512 e. The molecule has 1 saturated carbocycles. The Balaban J connectivity index is 0.000000329. The average molecular weight is 684 g/mol. The molecule has 1 radical (unpaired) electrons. The van der Waals surface area contributed by atoms with E-state index in [0.29, 0.717) is 5.92 Å². The summed E-state index contributed by atoms with van der Waals surface area (Å²) < 4.78 is 2.27. The van der Waals surface area contributed by atoms with Crippen molar-refractivity contribution in [3.8, 4) is 5.82 Å². The fraction of sp³-hybridized carbons (Fsp3) is 0.323. The van der Waals surface area contributed by atoms with Gasteiger partial charge in [0, 0.05) is 48.9 Å². The number of benzene rings is 2. The number of hydrogen-bond donors (Lipinski definition) is 1. The Morgan fingerprint density at radius 2 is 1.82 bits per heavy atom. The largest absolute Gasteiger partial charge is 0.512 e. The third-order valence-electron chi connectivity index (χ3n) is 8.88. The zero-order chi connectivity index (χ0) is 26.1. The summed E-state index contributed by atoms with van der Waals surface area (Å²) in [6.07, 6.45) is 5.46. The van der Waals surface area contributed by atoms with Crippen LogP contribution >= 0.6 is 0 Å². The first-order valence-electron chi connectivity index (χ1n) is 12.8. The van der Waals surface area contributed by atoms with E-state index in [2.05, 4.69) is 67.8 Å². The molecule has 3 aromatic heterocycles. The topological polar surface area (TPSA) is 82.1 Å². The molecule has 7 rings (SSSR count). The van der Waals surface area contributed by atoms with E-state index in [1.807, 2.05) is 12.3 Å². The molecule has 38 heavy (non-hydrogen) atoms. The predicted molar refractivity (Wildman–Crippen MR) is 147 cm³/mol. The van der Waals surface area contributed by atoms with Crippen LogP contribution in [0.15, 0.2) is 66.6 Å². The van der Waals surface area contributed by atoms with Gasteiger partial charge in [0.1, 0.15) is 0 Å². The van der Waals surface area contributed by atoms with E-state index in [-0.39, 0.29) is 42.5 Å². The van der Waals surface area contributed by atoms with Crippen LogP contribution in [-0.2, 0) is 30.3 Å². The normalized spacial score (nSPS) is 21.3. The van der Waals surface area contributed by atoms with Gasteiger partial charge in [0.15, 0.2) is 5.78 Å². The Labute approximate surface area is 235 Å². The standard InChI is InChI=1S/C26H23N4.C5H8O2.Ir/c1-25(2)18-12-13-26(25,3)22-21(18)24(29-28-22)30-19-11-10-15-7-4-5-8-16(15)20(19)17-9-6-14-27-23(17)30;1-4(6)3-5(2)7;/h4-11,14,18H,12-13H2,1-3H3;3,6H,1-2H3;/q-1;;/b;4-3-;. The summed E-state index contributed by atoms with van der Waals surface area (Å²) in [5, 5.41) is 22.9. The van der Waals surface area contributed by atoms with Crippen molar-refractivity contribution in [1.82, 2.24) is 19.7 Å². The summed E-state index contributed by atoms with van der Waals surface area (Å²) in [5.74, 6) is 1.42. The van der Waals surface area contributed by atoms with Gasteiger partial charge in [-0.25, -0.2) is 0 Å². The second kappa shape index (κ2) is 9.18. The van der Waals surface area contributed by atoms with E-state index < -0.39 is 0 Å². The Morgan fingerprint density at radius 3 is 2.53 bits per heavy atom. The van der Waals surface area contributed by atoms with Crippen LogP contribution in [0.1, 0.15) is 64.6 Å². The number of ketones is 1. The maximum absolute atomic E-state index is 10.0. The van der Waals surface area contributed by atoms with E-state index in [4.69, 9.17) is 20.3 Å². The van der Waals surface area contributed by atoms with Gasteiger partial charge in [-0.15, -0.1) is 0 Å². The third-order valence-corrected chi connectivity index (χ3v) is 8.88. The number of pyridine rings is 1. The summed E-state index contributed by atoms with van der Waals surface area (Å²) in [5.41, 5.74) is 5.02. The van der Waals surface area contributed by atoms with Crippen molar-refractivity contribution in [3.63, 3.8) is 0 Å². The van der Waals surface area contributed by atoms with Crippen molar-refractivity contribution in [2.45, 2.75) is 58.8 Å². The smallest absolute Gasteiger partial charge is 0.155 e. The second-order valence-electron chi connectivity index (χ2n) is 11.2. The molecule has 0 amide bonds. The molecule has 7 heteroatoms. The molecule has 0 aliphatic heterocycles. The number of aliphatic hydroxyl groups is 1. The van der Waals surface area contributed by atoms with Crippen LogP contribution in [0.5, 0.6) is 0 Å². The number of hydrogen-bond acceptors (Lipinski definition) is 4. The molecule has 2 aliphatic rings. The SMILES string of the molecule is CC(=O)/C=C(/C)O.CC12CCC(c3c1n[n-]c3-n1c3ccc4ccccc4c3c3cccnc31)C2(C)C.[Ir]. The number of fused-ring (bicyclic) bond motifs is 10. The molecule has 0 spiro atoms. The van der Waals surface area contributed by atoms with Crippen molar-refractivity contribution in [1.29, 1.82) is 0 Å². The number of aromatic nitrogens is 4. The number of aliphatic hydroxyl groups excluding tert-OH is 1. The number of nitrogens with zero attached hydrogens (tertiary/aromatic N) is 4. The number of carbonyl (C=O) groups is 1. The van der Waals surface area contributed by atoms with Crippen LogP contribution in [0, 0.1) is 5.41 Å². The van der Waals surface area contributed by atoms with E-state index in [1.54, 1.807) is 0 Å². The van der Waals surface area contributed by atoms with Crippen LogP contribution in [-0.4, -0.2) is 25.5 Å². The van der Waals surface area contributed by atoms with Gasteiger partial charge in [-0.2, -0.15) is 0 Å². The van der Waals surface area contributed by atoms with Gasteiger partial charge in [0.25, 0.3) is 0 Å². The summed E-state index contributed by atoms with van der Waals surface area (Å²) >= 11 is 0. The maximum Gasteiger partial charge on any atom is 0.155 e. The van der Waals surface area contributed by atoms with Crippen LogP contribution in [0.2, 0.25) is 0 Å². The van der Waals surface area contributed by atoms with Gasteiger partial charge in [-0.05, 0) is 77.1 Å². The molecule has 2 atom stereocenters. The van der Waals surface area contributed by atoms with E-state index >= 15 is 0 Å². The monoisotopic (exact) mass is 684 g/mol. The fourth-order valence-corrected chi connectivity index (χ4v) is 6.76. The first kappa shape index (κ1) is 26.3. The molecular weight excluding hydrogens is 653 g/mol. The Kier molecular flexibility index (Phi) is 6.36. The van der Waals surface area contributed by atoms with E-state index in [1.165, 1.54) is 65.6 Å². The zero-order valence-electron chi connectivity index (χ0n) is 22.2. The summed E-state index contributed by atoms with van der Waals surface area (Å²) in [4.78, 5) is 14.8. The van der Waals surface area contributed by atoms with Crippen molar-refractivity contribution >= 4 is 38.5 Å². The van der Waals surface area contributed by atoms with E-state index in [0.717, 1.165) is 17.0 Å². The Morgan fingerprint density at radius 1 is 1.08 bits per heavy atom. The third kappa shape index (κ3) is 3.59. The zero-order valence-corrected chi connectivity index (χ0v) is 24.6. The number of rotatable bonds is 2.